The molecule has 6 rings (SSSR count). The van der Waals surface area contributed by atoms with Gasteiger partial charge in [0.2, 0.25) is 11.8 Å². The van der Waals surface area contributed by atoms with Gasteiger partial charge in [-0.25, -0.2) is 14.8 Å². The van der Waals surface area contributed by atoms with Gasteiger partial charge in [-0.1, -0.05) is 58.0 Å². The number of hydrogen-bond donors (Lipinski definition) is 4. The lowest BCUT2D eigenvalue weighted by atomic mass is 10.0. The predicted octanol–water partition coefficient (Wildman–Crippen LogP) is 5.55. The highest BCUT2D eigenvalue weighted by Gasteiger charge is 2.38. The monoisotopic (exact) mass is 698 g/mol. The minimum Gasteiger partial charge on any atom is -0.453 e. The second-order valence-electron chi connectivity index (χ2n) is 14.2. The molecule has 4 N–H and O–H groups in total. The second-order valence-corrected chi connectivity index (χ2v) is 14.2. The number of methoxy groups -OCH3 is 2. The molecule has 272 valence electrons. The van der Waals surface area contributed by atoms with Crippen LogP contribution in [0.25, 0.3) is 33.4 Å². The molecule has 0 spiro atoms. The smallest absolute Gasteiger partial charge is 0.407 e. The van der Waals surface area contributed by atoms with Crippen LogP contribution in [0.1, 0.15) is 77.1 Å². The van der Waals surface area contributed by atoms with E-state index in [0.29, 0.717) is 19.8 Å². The molecule has 0 radical (unpaired) electrons. The summed E-state index contributed by atoms with van der Waals surface area (Å²) in [5.74, 6) is 1.52. The molecule has 3 amide bonds. The van der Waals surface area contributed by atoms with Crippen molar-refractivity contribution in [3.8, 4) is 22.4 Å². The SMILES string of the molecule is COCNC(C(=O)N1CCCC1c1nc2ccc(-c3ccc(-c4cnc(C5CCCN5C(=O)C(NC(=O)OC)C(C)C)[nH]4)cc3)cc2[nH]1)C(C)C. The quantitative estimate of drug-likeness (QED) is 0.140. The van der Waals surface area contributed by atoms with Crippen LogP contribution < -0.4 is 10.6 Å². The molecule has 4 atom stereocenters. The standard InChI is InChI=1S/C38H50N8O5/c1-22(2)32(40-21-50-5)36(47)46-18-8-10-31(46)35-41-27-16-15-26(19-28(27)42-35)24-11-13-25(14-12-24)29-20-39-34(43-29)30-9-7-17-45(30)37(48)33(23(3)4)44-38(49)51-6/h11-16,19-20,22-23,30-33,40H,7-10,17-18,21H2,1-6H3,(H,39,43)(H,41,42)(H,44,49). The minimum absolute atomic E-state index is 0.0805. The molecule has 4 heterocycles. The maximum Gasteiger partial charge on any atom is 0.407 e. The highest BCUT2D eigenvalue weighted by Crippen LogP contribution is 2.35. The van der Waals surface area contributed by atoms with E-state index >= 15 is 0 Å². The predicted molar refractivity (Wildman–Crippen MR) is 194 cm³/mol. The van der Waals surface area contributed by atoms with Crippen LogP contribution >= 0.6 is 0 Å². The van der Waals surface area contributed by atoms with Crippen molar-refractivity contribution in [3.05, 3.63) is 60.3 Å². The van der Waals surface area contributed by atoms with Crippen molar-refractivity contribution in [2.75, 3.05) is 34.0 Å². The van der Waals surface area contributed by atoms with Gasteiger partial charge in [-0.05, 0) is 66.3 Å². The molecule has 0 bridgehead atoms. The van der Waals surface area contributed by atoms with Crippen molar-refractivity contribution in [2.45, 2.75) is 77.5 Å². The van der Waals surface area contributed by atoms with Gasteiger partial charge in [0.1, 0.15) is 17.7 Å². The number of hydrogen-bond acceptors (Lipinski definition) is 8. The number of fused-ring (bicyclic) bond motifs is 1. The Kier molecular flexibility index (Phi) is 11.1. The number of H-pyrrole nitrogens is 2. The van der Waals surface area contributed by atoms with Crippen LogP contribution in [0.5, 0.6) is 0 Å². The molecule has 2 aliphatic rings. The van der Waals surface area contributed by atoms with E-state index in [2.05, 4.69) is 62.0 Å². The largest absolute Gasteiger partial charge is 0.453 e. The number of likely N-dealkylation sites (tertiary alicyclic amines) is 2. The van der Waals surface area contributed by atoms with Crippen molar-refractivity contribution in [1.29, 1.82) is 0 Å². The number of imidazole rings is 2. The summed E-state index contributed by atoms with van der Waals surface area (Å²) in [7, 11) is 2.91. The molecule has 13 heteroatoms. The summed E-state index contributed by atoms with van der Waals surface area (Å²) in [4.78, 5) is 59.4. The van der Waals surface area contributed by atoms with Gasteiger partial charge in [0.25, 0.3) is 0 Å². The molecule has 0 aliphatic carbocycles. The van der Waals surface area contributed by atoms with Gasteiger partial charge in [-0.3, -0.25) is 14.9 Å². The first-order valence-corrected chi connectivity index (χ1v) is 17.9. The van der Waals surface area contributed by atoms with Crippen LogP contribution in [0.15, 0.2) is 48.7 Å². The van der Waals surface area contributed by atoms with Crippen molar-refractivity contribution in [1.82, 2.24) is 40.4 Å². The van der Waals surface area contributed by atoms with E-state index in [0.717, 1.165) is 70.7 Å². The lowest BCUT2D eigenvalue weighted by Gasteiger charge is -2.30. The summed E-state index contributed by atoms with van der Waals surface area (Å²) >= 11 is 0. The van der Waals surface area contributed by atoms with Gasteiger partial charge in [0.15, 0.2) is 0 Å². The summed E-state index contributed by atoms with van der Waals surface area (Å²) in [5, 5.41) is 5.94. The van der Waals surface area contributed by atoms with Crippen LogP contribution in [0.3, 0.4) is 0 Å². The van der Waals surface area contributed by atoms with Crippen LogP contribution in [-0.2, 0) is 19.1 Å². The molecule has 51 heavy (non-hydrogen) atoms. The minimum atomic E-state index is -0.680. The fraction of sp³-hybridized carbons (Fsp3) is 0.500. The van der Waals surface area contributed by atoms with E-state index in [4.69, 9.17) is 14.5 Å². The number of aromatic amines is 2. The van der Waals surface area contributed by atoms with Crippen molar-refractivity contribution >= 4 is 28.9 Å². The number of nitrogens with one attached hydrogen (secondary N) is 4. The van der Waals surface area contributed by atoms with E-state index in [1.807, 2.05) is 49.8 Å². The number of aromatic nitrogens is 4. The zero-order chi connectivity index (χ0) is 36.2. The van der Waals surface area contributed by atoms with Crippen LogP contribution in [-0.4, -0.2) is 93.8 Å². The third-order valence-electron chi connectivity index (χ3n) is 10.1. The van der Waals surface area contributed by atoms with E-state index in [9.17, 15) is 14.4 Å². The number of carbonyl (C=O) groups excluding carboxylic acids is 3. The fourth-order valence-electron chi connectivity index (χ4n) is 7.33. The van der Waals surface area contributed by atoms with Gasteiger partial charge in [0, 0.05) is 20.2 Å². The molecule has 4 unspecified atom stereocenters. The molecule has 4 aromatic rings. The van der Waals surface area contributed by atoms with Crippen molar-refractivity contribution < 1.29 is 23.9 Å². The summed E-state index contributed by atoms with van der Waals surface area (Å²) < 4.78 is 9.94. The van der Waals surface area contributed by atoms with Gasteiger partial charge in [-0.2, -0.15) is 0 Å². The number of rotatable bonds is 12. The Bertz CT molecular complexity index is 1830. The average Bonchev–Trinajstić information content (AvgIpc) is 3.95. The average molecular weight is 699 g/mol. The summed E-state index contributed by atoms with van der Waals surface area (Å²) in [5.41, 5.74) is 5.76. The highest BCUT2D eigenvalue weighted by atomic mass is 16.5. The second kappa shape index (κ2) is 15.6. The third-order valence-corrected chi connectivity index (χ3v) is 10.1. The molecule has 2 aromatic carbocycles. The molecule has 2 aliphatic heterocycles. The normalized spacial score (nSPS) is 18.9. The molecule has 2 fully saturated rings. The zero-order valence-corrected chi connectivity index (χ0v) is 30.4. The van der Waals surface area contributed by atoms with E-state index in [1.54, 1.807) is 7.11 Å². The number of nitrogens with zero attached hydrogens (tertiary/aromatic N) is 4. The Balaban J connectivity index is 1.15. The van der Waals surface area contributed by atoms with E-state index in [1.165, 1.54) is 7.11 Å². The molecule has 2 saturated heterocycles. The van der Waals surface area contributed by atoms with E-state index in [-0.39, 0.29) is 41.8 Å². The lowest BCUT2D eigenvalue weighted by Crippen LogP contribution is -2.51. The van der Waals surface area contributed by atoms with Gasteiger partial charge in [0.05, 0.1) is 54.9 Å². The summed E-state index contributed by atoms with van der Waals surface area (Å²) in [6, 6.07) is 13.2. The van der Waals surface area contributed by atoms with Gasteiger partial charge in [-0.15, -0.1) is 0 Å². The Labute approximate surface area is 298 Å². The van der Waals surface area contributed by atoms with Crippen molar-refractivity contribution in [2.24, 2.45) is 11.8 Å². The summed E-state index contributed by atoms with van der Waals surface area (Å²) in [6.07, 6.45) is 4.63. The van der Waals surface area contributed by atoms with E-state index < -0.39 is 12.1 Å². The fourth-order valence-corrected chi connectivity index (χ4v) is 7.33. The maximum atomic E-state index is 13.6. The lowest BCUT2D eigenvalue weighted by molar-refractivity contribution is -0.136. The molecule has 0 saturated carbocycles. The number of carbonyl (C=O) groups is 3. The Hall–Kier alpha value is -4.75. The maximum absolute atomic E-state index is 13.6. The first-order valence-electron chi connectivity index (χ1n) is 17.9. The third kappa shape index (κ3) is 7.64. The molecular weight excluding hydrogens is 648 g/mol. The Morgan fingerprint density at radius 1 is 0.824 bits per heavy atom. The number of amides is 3. The Morgan fingerprint density at radius 3 is 2.06 bits per heavy atom. The number of benzene rings is 2. The van der Waals surface area contributed by atoms with Crippen LogP contribution in [0.4, 0.5) is 4.79 Å². The first kappa shape index (κ1) is 36.1. The van der Waals surface area contributed by atoms with Crippen LogP contribution in [0, 0.1) is 11.8 Å². The molecular formula is C38H50N8O5. The van der Waals surface area contributed by atoms with Gasteiger partial charge >= 0.3 is 6.09 Å². The van der Waals surface area contributed by atoms with Crippen molar-refractivity contribution in [3.63, 3.8) is 0 Å². The summed E-state index contributed by atoms with van der Waals surface area (Å²) in [6.45, 7) is 9.53. The number of ether oxygens (including phenoxy) is 2. The topological polar surface area (TPSA) is 158 Å². The number of alkyl carbamates (subject to hydrolysis) is 1. The Morgan fingerprint density at radius 2 is 1.43 bits per heavy atom. The molecule has 2 aromatic heterocycles. The first-order chi connectivity index (χ1) is 24.6. The van der Waals surface area contributed by atoms with Crippen LogP contribution in [0.2, 0.25) is 0 Å². The molecule has 13 nitrogen and oxygen atoms in total. The zero-order valence-electron chi connectivity index (χ0n) is 30.4. The highest BCUT2D eigenvalue weighted by molar-refractivity contribution is 5.87. The van der Waals surface area contributed by atoms with Gasteiger partial charge < -0.3 is 34.6 Å².